The fraction of sp³-hybridized carbons (Fsp3) is 0. The number of benzene rings is 3. The smallest absolute Gasteiger partial charge is 0.432 e. The van der Waals surface area contributed by atoms with Crippen LogP contribution >= 0.6 is 0 Å². The molecular weight excluding hydrogens is 203 g/mol. The van der Waals surface area contributed by atoms with Gasteiger partial charge in [-0.1, -0.05) is 24.3 Å². The maximum absolute atomic E-state index is 7.12. The van der Waals surface area contributed by atoms with Crippen LogP contribution in [-0.2, 0) is 0 Å². The summed E-state index contributed by atoms with van der Waals surface area (Å²) in [6.45, 7) is 0. The van der Waals surface area contributed by atoms with E-state index in [1.807, 2.05) is 6.26 Å². The number of fused-ring (bicyclic) bond motifs is 1. The first-order valence-electron chi connectivity index (χ1n) is 5.02. The Bertz CT molecular complexity index is 687. The molecule has 0 fully saturated rings. The highest BCUT2D eigenvalue weighted by molar-refractivity contribution is 6.34. The first-order chi connectivity index (χ1) is 7.86. The molecule has 0 aliphatic heterocycles. The van der Waals surface area contributed by atoms with Crippen molar-refractivity contribution in [1.29, 1.82) is 0 Å². The topological polar surface area (TPSA) is 53.6 Å². The lowest BCUT2D eigenvalue weighted by Crippen LogP contribution is -1.81. The molecule has 0 unspecified atom stereocenters. The van der Waals surface area contributed by atoms with E-state index in [9.17, 15) is 0 Å². The van der Waals surface area contributed by atoms with Gasteiger partial charge in [-0.15, -0.1) is 0 Å². The Morgan fingerprint density at radius 3 is 2.44 bits per heavy atom. The van der Waals surface area contributed by atoms with E-state index in [1.165, 1.54) is 26.9 Å². The van der Waals surface area contributed by atoms with Gasteiger partial charge in [0.2, 0.25) is 0 Å². The third kappa shape index (κ3) is 1.05. The van der Waals surface area contributed by atoms with E-state index in [4.69, 9.17) is 14.5 Å². The molecule has 0 atom stereocenters. The predicted molar refractivity (Wildman–Crippen MR) is 65.2 cm³/mol. The Kier molecular flexibility index (Phi) is 1.99. The first-order valence-corrected chi connectivity index (χ1v) is 5.02. The third-order valence-electron chi connectivity index (χ3n) is 2.86. The Morgan fingerprint density at radius 2 is 1.75 bits per heavy atom. The van der Waals surface area contributed by atoms with Crippen LogP contribution in [0.3, 0.4) is 0 Å². The number of rotatable bonds is 0. The molecule has 3 nitrogen and oxygen atoms in total. The molecule has 4 aromatic carbocycles. The van der Waals surface area contributed by atoms with Crippen LogP contribution < -0.4 is 0 Å². The minimum Gasteiger partial charge on any atom is -0.463 e. The molecular formula is C12H9BO3. The summed E-state index contributed by atoms with van der Waals surface area (Å²) >= 11 is 0. The van der Waals surface area contributed by atoms with Crippen LogP contribution in [0.4, 0.5) is 0 Å². The molecule has 4 heteroatoms. The van der Waals surface area contributed by atoms with Crippen LogP contribution in [0, 0.1) is 0 Å². The standard InChI is InChI=1S/C12H6O.BH3O2/c1-2-4-8-7(3-1)5-9-10-6-13-12(9)11(8)10;2-1-3/h1-6H;1-3H. The molecule has 6 aromatic rings. The van der Waals surface area contributed by atoms with Crippen molar-refractivity contribution in [2.24, 2.45) is 0 Å². The number of hydrogen-bond donors (Lipinski definition) is 2. The highest BCUT2D eigenvalue weighted by atomic mass is 16.4. The molecule has 0 aliphatic carbocycles. The van der Waals surface area contributed by atoms with E-state index in [1.54, 1.807) is 0 Å². The van der Waals surface area contributed by atoms with E-state index >= 15 is 0 Å². The van der Waals surface area contributed by atoms with E-state index in [0.717, 1.165) is 5.58 Å². The van der Waals surface area contributed by atoms with Gasteiger partial charge in [0.15, 0.2) is 0 Å². The van der Waals surface area contributed by atoms with Crippen molar-refractivity contribution in [1.82, 2.24) is 0 Å². The summed E-state index contributed by atoms with van der Waals surface area (Å²) < 4.78 is 5.40. The summed E-state index contributed by atoms with van der Waals surface area (Å²) in [6.07, 6.45) is 1.85. The van der Waals surface area contributed by atoms with Crippen molar-refractivity contribution in [2.45, 2.75) is 0 Å². The summed E-state index contributed by atoms with van der Waals surface area (Å²) in [5.74, 6) is 0. The molecule has 0 radical (unpaired) electrons. The number of furan rings is 2. The molecule has 2 heterocycles. The Balaban J connectivity index is 0.000000247. The average Bonchev–Trinajstić information content (AvgIpc) is 2.92. The maximum atomic E-state index is 7.12. The SMILES string of the molecule is OBO.c1ccc2c(c1)cc1c3coc1c23. The Morgan fingerprint density at radius 1 is 1.00 bits per heavy atom. The summed E-state index contributed by atoms with van der Waals surface area (Å²) in [4.78, 5) is 0. The molecule has 0 aliphatic rings. The van der Waals surface area contributed by atoms with Crippen LogP contribution in [-0.4, -0.2) is 17.7 Å². The zero-order chi connectivity index (χ0) is 11.1. The predicted octanol–water partition coefficient (Wildman–Crippen LogP) is 1.85. The lowest BCUT2D eigenvalue weighted by molar-refractivity contribution is 0.448. The van der Waals surface area contributed by atoms with Crippen molar-refractivity contribution in [3.63, 3.8) is 0 Å². The minimum atomic E-state index is -0.750. The zero-order valence-electron chi connectivity index (χ0n) is 8.47. The van der Waals surface area contributed by atoms with Crippen LogP contribution in [0.2, 0.25) is 0 Å². The van der Waals surface area contributed by atoms with E-state index in [0.29, 0.717) is 0 Å². The van der Waals surface area contributed by atoms with Gasteiger partial charge in [0, 0.05) is 16.2 Å². The second-order valence-corrected chi connectivity index (χ2v) is 3.64. The Hall–Kier alpha value is -1.78. The van der Waals surface area contributed by atoms with Gasteiger partial charge in [0.25, 0.3) is 0 Å². The summed E-state index contributed by atoms with van der Waals surface area (Å²) in [5, 5.41) is 20.8. The molecule has 16 heavy (non-hydrogen) atoms. The van der Waals surface area contributed by atoms with Crippen molar-refractivity contribution in [2.75, 3.05) is 0 Å². The van der Waals surface area contributed by atoms with Crippen molar-refractivity contribution < 1.29 is 14.5 Å². The molecule has 4 bridgehead atoms. The summed E-state index contributed by atoms with van der Waals surface area (Å²) in [7, 11) is -0.750. The summed E-state index contributed by atoms with van der Waals surface area (Å²) in [6, 6.07) is 10.6. The van der Waals surface area contributed by atoms with Crippen molar-refractivity contribution >= 4 is 40.2 Å². The van der Waals surface area contributed by atoms with Gasteiger partial charge < -0.3 is 14.5 Å². The third-order valence-corrected chi connectivity index (χ3v) is 2.86. The normalized spacial score (nSPS) is 11.1. The van der Waals surface area contributed by atoms with Gasteiger partial charge in [-0.05, 0) is 16.8 Å². The van der Waals surface area contributed by atoms with Crippen LogP contribution in [0.15, 0.2) is 41.0 Å². The molecule has 0 saturated heterocycles. The van der Waals surface area contributed by atoms with Gasteiger partial charge in [-0.2, -0.15) is 0 Å². The maximum Gasteiger partial charge on any atom is 0.432 e. The van der Waals surface area contributed by atoms with Gasteiger partial charge in [-0.25, -0.2) is 0 Å². The highest BCUT2D eigenvalue weighted by Gasteiger charge is 2.19. The average molecular weight is 212 g/mol. The highest BCUT2D eigenvalue weighted by Crippen LogP contribution is 2.44. The lowest BCUT2D eigenvalue weighted by atomic mass is 9.94. The zero-order valence-corrected chi connectivity index (χ0v) is 8.47. The van der Waals surface area contributed by atoms with Crippen molar-refractivity contribution in [3.8, 4) is 0 Å². The van der Waals surface area contributed by atoms with E-state index in [2.05, 4.69) is 30.3 Å². The van der Waals surface area contributed by atoms with Crippen LogP contribution in [0.1, 0.15) is 0 Å². The minimum absolute atomic E-state index is 0.750. The van der Waals surface area contributed by atoms with Gasteiger partial charge >= 0.3 is 7.69 Å². The fourth-order valence-electron chi connectivity index (χ4n) is 2.23. The van der Waals surface area contributed by atoms with Crippen LogP contribution in [0.5, 0.6) is 0 Å². The Labute approximate surface area is 91.9 Å². The quantitative estimate of drug-likeness (QED) is 0.437. The van der Waals surface area contributed by atoms with Gasteiger partial charge in [0.1, 0.15) is 5.58 Å². The second-order valence-electron chi connectivity index (χ2n) is 3.64. The molecule has 0 saturated carbocycles. The largest absolute Gasteiger partial charge is 0.463 e. The van der Waals surface area contributed by atoms with E-state index < -0.39 is 7.69 Å². The monoisotopic (exact) mass is 212 g/mol. The van der Waals surface area contributed by atoms with E-state index in [-0.39, 0.29) is 0 Å². The van der Waals surface area contributed by atoms with Crippen molar-refractivity contribution in [3.05, 3.63) is 36.6 Å². The molecule has 0 spiro atoms. The van der Waals surface area contributed by atoms with Gasteiger partial charge in [-0.3, -0.25) is 0 Å². The molecule has 2 aromatic heterocycles. The van der Waals surface area contributed by atoms with Gasteiger partial charge in [0.05, 0.1) is 6.26 Å². The number of hydrogen-bond acceptors (Lipinski definition) is 3. The van der Waals surface area contributed by atoms with Crippen LogP contribution in [0.25, 0.3) is 32.5 Å². The second kappa shape index (κ2) is 3.37. The molecule has 2 N–H and O–H groups in total. The fourth-order valence-corrected chi connectivity index (χ4v) is 2.23. The lowest BCUT2D eigenvalue weighted by Gasteiger charge is -2.07. The summed E-state index contributed by atoms with van der Waals surface area (Å²) in [5.41, 5.74) is 1.08. The first kappa shape index (κ1) is 9.45. The molecule has 0 amide bonds. The molecule has 78 valence electrons. The molecule has 6 rings (SSSR count).